The standard InChI is InChI=1S/C12H18O4S2/c1-2-7-18(15,16)12-6-4-3-5-11(12)17-9-10(14)8-13/h3-6,10,13-14H,2,7-9H2,1H3. The summed E-state index contributed by atoms with van der Waals surface area (Å²) in [6.07, 6.45) is -0.266. The van der Waals surface area contributed by atoms with E-state index in [0.717, 1.165) is 0 Å². The number of aliphatic hydroxyl groups excluding tert-OH is 2. The van der Waals surface area contributed by atoms with Gasteiger partial charge in [-0.2, -0.15) is 0 Å². The summed E-state index contributed by atoms with van der Waals surface area (Å²) in [4.78, 5) is 0.931. The molecule has 1 unspecified atom stereocenters. The monoisotopic (exact) mass is 290 g/mol. The molecule has 0 saturated heterocycles. The summed E-state index contributed by atoms with van der Waals surface area (Å²) >= 11 is 1.24. The maximum absolute atomic E-state index is 12.0. The Morgan fingerprint density at radius 2 is 2.00 bits per heavy atom. The van der Waals surface area contributed by atoms with Gasteiger partial charge in [-0.25, -0.2) is 8.42 Å². The number of rotatable bonds is 7. The molecular formula is C12H18O4S2. The Morgan fingerprint density at radius 3 is 2.61 bits per heavy atom. The fourth-order valence-corrected chi connectivity index (χ4v) is 4.28. The van der Waals surface area contributed by atoms with Crippen molar-refractivity contribution in [3.05, 3.63) is 24.3 Å². The van der Waals surface area contributed by atoms with Gasteiger partial charge < -0.3 is 10.2 Å². The third kappa shape index (κ3) is 4.28. The molecule has 0 aliphatic carbocycles. The molecule has 6 heteroatoms. The number of hydrogen-bond acceptors (Lipinski definition) is 5. The lowest BCUT2D eigenvalue weighted by Gasteiger charge is -2.11. The molecule has 0 heterocycles. The molecule has 2 N–H and O–H groups in total. The number of benzene rings is 1. The van der Waals surface area contributed by atoms with Gasteiger partial charge in [0.05, 0.1) is 23.4 Å². The maximum atomic E-state index is 12.0. The fraction of sp³-hybridized carbons (Fsp3) is 0.500. The van der Waals surface area contributed by atoms with E-state index in [-0.39, 0.29) is 18.1 Å². The molecule has 0 radical (unpaired) electrons. The Kier molecular flexibility index (Phi) is 6.14. The van der Waals surface area contributed by atoms with Crippen LogP contribution in [-0.2, 0) is 9.84 Å². The molecule has 0 aliphatic heterocycles. The van der Waals surface area contributed by atoms with Crippen LogP contribution in [0.15, 0.2) is 34.1 Å². The van der Waals surface area contributed by atoms with E-state index in [1.54, 1.807) is 24.3 Å². The molecule has 0 bridgehead atoms. The van der Waals surface area contributed by atoms with Gasteiger partial charge in [-0.15, -0.1) is 11.8 Å². The van der Waals surface area contributed by atoms with E-state index in [2.05, 4.69) is 0 Å². The summed E-state index contributed by atoms with van der Waals surface area (Å²) in [5.41, 5.74) is 0. The Balaban J connectivity index is 2.93. The second-order valence-electron chi connectivity index (χ2n) is 3.91. The van der Waals surface area contributed by atoms with Gasteiger partial charge in [-0.05, 0) is 18.6 Å². The normalized spacial score (nSPS) is 13.5. The van der Waals surface area contributed by atoms with Crippen LogP contribution in [0.3, 0.4) is 0 Å². The van der Waals surface area contributed by atoms with E-state index in [9.17, 15) is 13.5 Å². The van der Waals surface area contributed by atoms with Crippen molar-refractivity contribution < 1.29 is 18.6 Å². The van der Waals surface area contributed by atoms with E-state index < -0.39 is 15.9 Å². The Labute approximate surface area is 112 Å². The van der Waals surface area contributed by atoms with Crippen molar-refractivity contribution in [3.63, 3.8) is 0 Å². The molecule has 0 spiro atoms. The van der Waals surface area contributed by atoms with Crippen molar-refractivity contribution in [1.29, 1.82) is 0 Å². The summed E-state index contributed by atoms with van der Waals surface area (Å²) < 4.78 is 24.1. The molecule has 0 amide bonds. The second kappa shape index (κ2) is 7.13. The molecule has 4 nitrogen and oxygen atoms in total. The molecule has 0 aromatic heterocycles. The number of sulfone groups is 1. The van der Waals surface area contributed by atoms with E-state index >= 15 is 0 Å². The summed E-state index contributed by atoms with van der Waals surface area (Å²) in [6, 6.07) is 6.75. The SMILES string of the molecule is CCCS(=O)(=O)c1ccccc1SCC(O)CO. The first-order chi connectivity index (χ1) is 8.51. The van der Waals surface area contributed by atoms with Crippen molar-refractivity contribution in [2.45, 2.75) is 29.2 Å². The van der Waals surface area contributed by atoms with E-state index in [1.807, 2.05) is 6.92 Å². The van der Waals surface area contributed by atoms with Gasteiger partial charge >= 0.3 is 0 Å². The van der Waals surface area contributed by atoms with Gasteiger partial charge in [0, 0.05) is 10.6 Å². The minimum atomic E-state index is -3.26. The molecule has 1 aromatic rings. The predicted molar refractivity (Wildman–Crippen MR) is 72.6 cm³/mol. The van der Waals surface area contributed by atoms with E-state index in [0.29, 0.717) is 16.2 Å². The van der Waals surface area contributed by atoms with Crippen molar-refractivity contribution >= 4 is 21.6 Å². The highest BCUT2D eigenvalue weighted by Crippen LogP contribution is 2.27. The molecule has 0 fully saturated rings. The molecular weight excluding hydrogens is 272 g/mol. The van der Waals surface area contributed by atoms with Crippen molar-refractivity contribution in [3.8, 4) is 0 Å². The predicted octanol–water partition coefficient (Wildman–Crippen LogP) is 1.32. The smallest absolute Gasteiger partial charge is 0.179 e. The minimum Gasteiger partial charge on any atom is -0.394 e. The molecule has 18 heavy (non-hydrogen) atoms. The van der Waals surface area contributed by atoms with Crippen molar-refractivity contribution in [2.24, 2.45) is 0 Å². The van der Waals surface area contributed by atoms with Crippen LogP contribution in [0.2, 0.25) is 0 Å². The van der Waals surface area contributed by atoms with Crippen LogP contribution in [0.25, 0.3) is 0 Å². The molecule has 1 rings (SSSR count). The maximum Gasteiger partial charge on any atom is 0.179 e. The van der Waals surface area contributed by atoms with Crippen LogP contribution in [0, 0.1) is 0 Å². The molecule has 0 saturated carbocycles. The van der Waals surface area contributed by atoms with Crippen LogP contribution in [0.4, 0.5) is 0 Å². The van der Waals surface area contributed by atoms with Crippen LogP contribution in [0.1, 0.15) is 13.3 Å². The van der Waals surface area contributed by atoms with Gasteiger partial charge in [0.1, 0.15) is 0 Å². The lowest BCUT2D eigenvalue weighted by atomic mass is 10.4. The average molecular weight is 290 g/mol. The first-order valence-electron chi connectivity index (χ1n) is 5.74. The van der Waals surface area contributed by atoms with Crippen molar-refractivity contribution in [2.75, 3.05) is 18.1 Å². The van der Waals surface area contributed by atoms with Crippen molar-refractivity contribution in [1.82, 2.24) is 0 Å². The summed E-state index contributed by atoms with van der Waals surface area (Å²) in [5, 5.41) is 18.0. The number of hydrogen-bond donors (Lipinski definition) is 2. The highest BCUT2D eigenvalue weighted by molar-refractivity contribution is 8.00. The Bertz CT molecular complexity index is 471. The lowest BCUT2D eigenvalue weighted by molar-refractivity contribution is 0.113. The zero-order chi connectivity index (χ0) is 13.6. The van der Waals surface area contributed by atoms with Crippen LogP contribution >= 0.6 is 11.8 Å². The third-order valence-corrected chi connectivity index (χ3v) is 5.62. The zero-order valence-corrected chi connectivity index (χ0v) is 11.9. The number of aliphatic hydroxyl groups is 2. The summed E-state index contributed by atoms with van der Waals surface area (Å²) in [7, 11) is -3.26. The van der Waals surface area contributed by atoms with Gasteiger partial charge in [-0.3, -0.25) is 0 Å². The molecule has 1 atom stereocenters. The number of thioether (sulfide) groups is 1. The highest BCUT2D eigenvalue weighted by Gasteiger charge is 2.18. The first-order valence-corrected chi connectivity index (χ1v) is 8.38. The lowest BCUT2D eigenvalue weighted by Crippen LogP contribution is -2.15. The van der Waals surface area contributed by atoms with Gasteiger partial charge in [0.2, 0.25) is 0 Å². The topological polar surface area (TPSA) is 74.6 Å². The summed E-state index contributed by atoms with van der Waals surface area (Å²) in [6.45, 7) is 1.50. The second-order valence-corrected chi connectivity index (χ2v) is 7.05. The van der Waals surface area contributed by atoms with Gasteiger partial charge in [0.15, 0.2) is 9.84 Å². The minimum absolute atomic E-state index is 0.118. The van der Waals surface area contributed by atoms with Crippen LogP contribution in [-0.4, -0.2) is 42.8 Å². The quantitative estimate of drug-likeness (QED) is 0.741. The van der Waals surface area contributed by atoms with Gasteiger partial charge in [0.25, 0.3) is 0 Å². The molecule has 1 aromatic carbocycles. The largest absolute Gasteiger partial charge is 0.394 e. The fourth-order valence-electron chi connectivity index (χ4n) is 1.44. The van der Waals surface area contributed by atoms with E-state index in [1.165, 1.54) is 11.8 Å². The van der Waals surface area contributed by atoms with E-state index in [4.69, 9.17) is 5.11 Å². The highest BCUT2D eigenvalue weighted by atomic mass is 32.2. The third-order valence-electron chi connectivity index (χ3n) is 2.30. The molecule has 102 valence electrons. The Morgan fingerprint density at radius 1 is 1.33 bits per heavy atom. The Hall–Kier alpha value is -0.560. The average Bonchev–Trinajstić information content (AvgIpc) is 2.36. The zero-order valence-electron chi connectivity index (χ0n) is 10.2. The van der Waals surface area contributed by atoms with Crippen LogP contribution < -0.4 is 0 Å². The molecule has 0 aliphatic rings. The van der Waals surface area contributed by atoms with Crippen LogP contribution in [0.5, 0.6) is 0 Å². The summed E-state index contributed by atoms with van der Waals surface area (Å²) in [5.74, 6) is 0.391. The van der Waals surface area contributed by atoms with Gasteiger partial charge in [-0.1, -0.05) is 19.1 Å². The first kappa shape index (κ1) is 15.5.